The number of hydrazone groups is 1. The lowest BCUT2D eigenvalue weighted by molar-refractivity contribution is -0.116. The predicted octanol–water partition coefficient (Wildman–Crippen LogP) is 6.41. The Hall–Kier alpha value is -3.33. The molecule has 154 valence electrons. The molecule has 6 rings (SSSR count). The third-order valence-corrected chi connectivity index (χ3v) is 6.98. The minimum atomic E-state index is -0.427. The molecule has 1 saturated carbocycles. The van der Waals surface area contributed by atoms with Crippen molar-refractivity contribution in [2.24, 2.45) is 11.0 Å². The summed E-state index contributed by atoms with van der Waals surface area (Å²) < 4.78 is 6.88. The summed E-state index contributed by atoms with van der Waals surface area (Å²) in [5.74, 6) is 1.40. The molecule has 0 N–H and O–H groups in total. The lowest BCUT2D eigenvalue weighted by atomic mass is 9.68. The van der Waals surface area contributed by atoms with Gasteiger partial charge in [0.05, 0.1) is 5.70 Å². The molecule has 0 amide bonds. The van der Waals surface area contributed by atoms with Crippen molar-refractivity contribution in [3.05, 3.63) is 114 Å². The van der Waals surface area contributed by atoms with E-state index in [2.05, 4.69) is 96.0 Å². The van der Waals surface area contributed by atoms with Crippen LogP contribution in [0.1, 0.15) is 48.3 Å². The fourth-order valence-electron chi connectivity index (χ4n) is 5.55. The van der Waals surface area contributed by atoms with Crippen molar-refractivity contribution in [3.63, 3.8) is 0 Å². The molecule has 0 saturated heterocycles. The maximum atomic E-state index is 6.88. The predicted molar refractivity (Wildman–Crippen MR) is 124 cm³/mol. The van der Waals surface area contributed by atoms with Gasteiger partial charge in [-0.25, -0.2) is 5.01 Å². The highest BCUT2D eigenvalue weighted by atomic mass is 16.6. The molecule has 0 radical (unpaired) electrons. The Balaban J connectivity index is 1.53. The summed E-state index contributed by atoms with van der Waals surface area (Å²) in [5.41, 5.74) is 4.31. The van der Waals surface area contributed by atoms with E-state index in [0.717, 1.165) is 36.4 Å². The van der Waals surface area contributed by atoms with E-state index < -0.39 is 5.72 Å². The average molecular weight is 407 g/mol. The second-order valence-electron chi connectivity index (χ2n) is 8.74. The van der Waals surface area contributed by atoms with Crippen LogP contribution in [0.3, 0.4) is 0 Å². The molecule has 1 aliphatic carbocycles. The largest absolute Gasteiger partial charge is 0.447 e. The molecule has 3 aromatic rings. The number of hydrogen-bond acceptors (Lipinski definition) is 3. The Morgan fingerprint density at radius 1 is 0.774 bits per heavy atom. The van der Waals surface area contributed by atoms with Gasteiger partial charge in [-0.05, 0) is 36.1 Å². The van der Waals surface area contributed by atoms with Crippen molar-refractivity contribution in [1.29, 1.82) is 0 Å². The van der Waals surface area contributed by atoms with Gasteiger partial charge in [-0.3, -0.25) is 0 Å². The normalized spacial score (nSPS) is 26.9. The molecule has 1 fully saturated rings. The third-order valence-electron chi connectivity index (χ3n) is 6.98. The summed E-state index contributed by atoms with van der Waals surface area (Å²) >= 11 is 0. The number of benzene rings is 3. The molecule has 2 aliphatic heterocycles. The van der Waals surface area contributed by atoms with Crippen molar-refractivity contribution >= 4 is 11.6 Å². The number of nitrogens with zero attached hydrogens (tertiary/aromatic N) is 2. The van der Waals surface area contributed by atoms with Gasteiger partial charge in [-0.15, -0.1) is 5.10 Å². The van der Waals surface area contributed by atoms with Crippen molar-refractivity contribution in [1.82, 2.24) is 5.01 Å². The van der Waals surface area contributed by atoms with Gasteiger partial charge in [-0.2, -0.15) is 0 Å². The van der Waals surface area contributed by atoms with Crippen LogP contribution in [0.2, 0.25) is 0 Å². The summed E-state index contributed by atoms with van der Waals surface area (Å²) in [5, 5.41) is 7.32. The Labute approximate surface area is 183 Å². The van der Waals surface area contributed by atoms with E-state index in [-0.39, 0.29) is 0 Å². The number of allylic oxidation sites excluding steroid dienone is 1. The molecule has 3 heteroatoms. The van der Waals surface area contributed by atoms with Crippen molar-refractivity contribution in [2.45, 2.75) is 37.3 Å². The zero-order valence-corrected chi connectivity index (χ0v) is 17.5. The molecule has 0 bridgehead atoms. The average Bonchev–Trinajstić information content (AvgIpc) is 3.24. The van der Waals surface area contributed by atoms with Crippen LogP contribution in [0.15, 0.2) is 102 Å². The van der Waals surface area contributed by atoms with Crippen LogP contribution in [0.4, 0.5) is 0 Å². The molecule has 2 heterocycles. The molecule has 3 nitrogen and oxygen atoms in total. The monoisotopic (exact) mass is 406 g/mol. The Kier molecular flexibility index (Phi) is 4.41. The van der Waals surface area contributed by atoms with Gasteiger partial charge in [0.2, 0.25) is 11.6 Å². The fourth-order valence-corrected chi connectivity index (χ4v) is 5.55. The van der Waals surface area contributed by atoms with E-state index in [1.54, 1.807) is 0 Å². The Bertz CT molecular complexity index is 1120. The van der Waals surface area contributed by atoms with E-state index in [4.69, 9.17) is 9.84 Å². The summed E-state index contributed by atoms with van der Waals surface area (Å²) in [6.07, 6.45) is 6.97. The van der Waals surface area contributed by atoms with E-state index in [1.807, 2.05) is 6.07 Å². The van der Waals surface area contributed by atoms with E-state index in [9.17, 15) is 0 Å². The van der Waals surface area contributed by atoms with Crippen LogP contribution < -0.4 is 0 Å². The highest BCUT2D eigenvalue weighted by Gasteiger charge is 2.58. The topological polar surface area (TPSA) is 24.8 Å². The first kappa shape index (κ1) is 18.4. The van der Waals surface area contributed by atoms with Crippen LogP contribution in [-0.2, 0) is 4.74 Å². The second-order valence-corrected chi connectivity index (χ2v) is 8.74. The van der Waals surface area contributed by atoms with Crippen molar-refractivity contribution in [3.8, 4) is 0 Å². The first-order valence-electron chi connectivity index (χ1n) is 11.3. The lowest BCUT2D eigenvalue weighted by Crippen LogP contribution is -2.55. The molecule has 3 atom stereocenters. The lowest BCUT2D eigenvalue weighted by Gasteiger charge is -2.51. The molecule has 3 aromatic carbocycles. The zero-order chi connectivity index (χ0) is 20.7. The summed E-state index contributed by atoms with van der Waals surface area (Å²) in [7, 11) is 0. The van der Waals surface area contributed by atoms with Crippen LogP contribution in [0, 0.1) is 5.92 Å². The quantitative estimate of drug-likeness (QED) is 0.502. The molecule has 0 aromatic heterocycles. The van der Waals surface area contributed by atoms with Gasteiger partial charge < -0.3 is 4.74 Å². The van der Waals surface area contributed by atoms with Gasteiger partial charge in [0.25, 0.3) is 0 Å². The molecule has 31 heavy (non-hydrogen) atoms. The first-order valence-corrected chi connectivity index (χ1v) is 11.3. The van der Waals surface area contributed by atoms with E-state index in [0.29, 0.717) is 11.8 Å². The minimum Gasteiger partial charge on any atom is -0.447 e. The standard InChI is InChI=1S/C28H26N2O/c1-4-12-21(13-5-1)24-20-26(22-14-6-2-7-15-22)30-28(19-11-10-18-25(24)28)31-27(29-30)23-16-8-3-9-17-23/h1-9,12-17,20,24-25H,10-11,18-19H2/t24-,25+,28+/m0/s1. The van der Waals surface area contributed by atoms with E-state index in [1.165, 1.54) is 17.5 Å². The number of ether oxygens (including phenoxy) is 1. The second kappa shape index (κ2) is 7.42. The van der Waals surface area contributed by atoms with Gasteiger partial charge in [0.15, 0.2) is 0 Å². The van der Waals surface area contributed by atoms with Gasteiger partial charge >= 0.3 is 0 Å². The van der Waals surface area contributed by atoms with Gasteiger partial charge in [0, 0.05) is 23.8 Å². The summed E-state index contributed by atoms with van der Waals surface area (Å²) in [6, 6.07) is 31.9. The number of rotatable bonds is 3. The Morgan fingerprint density at radius 2 is 1.42 bits per heavy atom. The fraction of sp³-hybridized carbons (Fsp3) is 0.250. The van der Waals surface area contributed by atoms with E-state index >= 15 is 0 Å². The zero-order valence-electron chi connectivity index (χ0n) is 17.5. The highest BCUT2D eigenvalue weighted by molar-refractivity contribution is 5.96. The van der Waals surface area contributed by atoms with Crippen molar-refractivity contribution in [2.75, 3.05) is 0 Å². The molecular formula is C28H26N2O. The highest BCUT2D eigenvalue weighted by Crippen LogP contribution is 2.55. The van der Waals surface area contributed by atoms with Crippen molar-refractivity contribution < 1.29 is 4.74 Å². The Morgan fingerprint density at radius 3 is 2.13 bits per heavy atom. The SMILES string of the molecule is C1=C(c2ccccc2)N2N=C(c3ccccc3)O[C@@]23CCCC[C@@H]3[C@@H]1c1ccccc1. The van der Waals surface area contributed by atoms with Crippen LogP contribution in [0.5, 0.6) is 0 Å². The van der Waals surface area contributed by atoms with Gasteiger partial charge in [-0.1, -0.05) is 91.4 Å². The molecular weight excluding hydrogens is 380 g/mol. The molecule has 0 unspecified atom stereocenters. The first-order chi connectivity index (χ1) is 15.4. The van der Waals surface area contributed by atoms with Crippen LogP contribution in [0.25, 0.3) is 5.70 Å². The smallest absolute Gasteiger partial charge is 0.240 e. The van der Waals surface area contributed by atoms with Gasteiger partial charge in [0.1, 0.15) is 0 Å². The van der Waals surface area contributed by atoms with Crippen LogP contribution >= 0.6 is 0 Å². The summed E-state index contributed by atoms with van der Waals surface area (Å²) in [4.78, 5) is 0. The number of hydrogen-bond donors (Lipinski definition) is 0. The third kappa shape index (κ3) is 2.99. The van der Waals surface area contributed by atoms with Crippen LogP contribution in [-0.4, -0.2) is 16.6 Å². The maximum absolute atomic E-state index is 6.88. The summed E-state index contributed by atoms with van der Waals surface area (Å²) in [6.45, 7) is 0. The maximum Gasteiger partial charge on any atom is 0.240 e. The molecule has 3 aliphatic rings. The minimum absolute atomic E-state index is 0.304. The molecule has 1 spiro atoms.